The Bertz CT molecular complexity index is 434. The number of carbonyl (C=O) groups is 3. The largest absolute Gasteiger partial charge is 0.480 e. The first-order valence-electron chi connectivity index (χ1n) is 6.98. The normalized spacial score (nSPS) is 19.4. The Morgan fingerprint density at radius 2 is 1.81 bits per heavy atom. The van der Waals surface area contributed by atoms with Crippen molar-refractivity contribution in [1.29, 1.82) is 0 Å². The first-order chi connectivity index (χ1) is 9.82. The predicted molar refractivity (Wildman–Crippen MR) is 78.1 cm³/mol. The van der Waals surface area contributed by atoms with Gasteiger partial charge in [0.2, 0.25) is 11.8 Å². The molecule has 3 unspecified atom stereocenters. The van der Waals surface area contributed by atoms with E-state index in [4.69, 9.17) is 5.11 Å². The van der Waals surface area contributed by atoms with Gasteiger partial charge in [0.15, 0.2) is 0 Å². The van der Waals surface area contributed by atoms with Crippen molar-refractivity contribution in [1.82, 2.24) is 10.2 Å². The van der Waals surface area contributed by atoms with Gasteiger partial charge in [0.1, 0.15) is 11.3 Å². The zero-order valence-electron chi connectivity index (χ0n) is 12.3. The van der Waals surface area contributed by atoms with Crippen molar-refractivity contribution in [2.75, 3.05) is 18.8 Å². The van der Waals surface area contributed by atoms with E-state index in [1.165, 1.54) is 6.92 Å². The summed E-state index contributed by atoms with van der Waals surface area (Å²) in [5, 5.41) is 10.5. The van der Waals surface area contributed by atoms with Crippen LogP contribution in [-0.2, 0) is 25.2 Å². The van der Waals surface area contributed by atoms with E-state index in [0.717, 1.165) is 19.3 Å². The van der Waals surface area contributed by atoms with E-state index < -0.39 is 34.0 Å². The summed E-state index contributed by atoms with van der Waals surface area (Å²) in [5.41, 5.74) is 0. The van der Waals surface area contributed by atoms with Gasteiger partial charge >= 0.3 is 5.97 Å². The van der Waals surface area contributed by atoms with E-state index in [1.54, 1.807) is 11.8 Å². The van der Waals surface area contributed by atoms with Gasteiger partial charge in [-0.3, -0.25) is 13.8 Å². The molecule has 0 bridgehead atoms. The average Bonchev–Trinajstić information content (AvgIpc) is 2.45. The highest BCUT2D eigenvalue weighted by molar-refractivity contribution is 7.86. The molecule has 7 nitrogen and oxygen atoms in total. The topological polar surface area (TPSA) is 104 Å². The summed E-state index contributed by atoms with van der Waals surface area (Å²) in [6.45, 7) is 4.06. The molecular weight excluding hydrogens is 296 g/mol. The van der Waals surface area contributed by atoms with E-state index in [1.807, 2.05) is 0 Å². The minimum absolute atomic E-state index is 0.208. The molecule has 2 N–H and O–H groups in total. The number of carboxylic acids is 1. The number of aliphatic carboxylic acids is 1. The van der Waals surface area contributed by atoms with Crippen LogP contribution in [0.5, 0.6) is 0 Å². The Labute approximate surface area is 126 Å². The van der Waals surface area contributed by atoms with Crippen LogP contribution in [0.2, 0.25) is 0 Å². The van der Waals surface area contributed by atoms with Crippen LogP contribution in [0.4, 0.5) is 0 Å². The van der Waals surface area contributed by atoms with Gasteiger partial charge in [-0.05, 0) is 26.2 Å². The van der Waals surface area contributed by atoms with Crippen molar-refractivity contribution in [3.05, 3.63) is 0 Å². The van der Waals surface area contributed by atoms with Crippen LogP contribution in [0.25, 0.3) is 0 Å². The minimum Gasteiger partial charge on any atom is -0.480 e. The van der Waals surface area contributed by atoms with E-state index >= 15 is 0 Å². The Kier molecular flexibility index (Phi) is 6.80. The summed E-state index contributed by atoms with van der Waals surface area (Å²) in [7, 11) is -1.65. The Balaban J connectivity index is 2.61. The molecule has 0 aliphatic carbocycles. The highest BCUT2D eigenvalue weighted by Gasteiger charge is 2.30. The van der Waals surface area contributed by atoms with Crippen molar-refractivity contribution in [2.24, 2.45) is 0 Å². The summed E-state index contributed by atoms with van der Waals surface area (Å²) in [5.74, 6) is -2.24. The van der Waals surface area contributed by atoms with Gasteiger partial charge in [0.25, 0.3) is 0 Å². The number of hydrogen-bond acceptors (Lipinski definition) is 4. The lowest BCUT2D eigenvalue weighted by molar-refractivity contribution is -0.140. The average molecular weight is 318 g/mol. The molecule has 1 rings (SSSR count). The van der Waals surface area contributed by atoms with Gasteiger partial charge in [-0.15, -0.1) is 0 Å². The van der Waals surface area contributed by atoms with Crippen molar-refractivity contribution < 1.29 is 23.7 Å². The molecule has 1 saturated heterocycles. The maximum atomic E-state index is 12.2. The highest BCUT2D eigenvalue weighted by Crippen LogP contribution is 2.12. The Morgan fingerprint density at radius 1 is 1.24 bits per heavy atom. The second kappa shape index (κ2) is 8.11. The second-order valence-electron chi connectivity index (χ2n) is 5.17. The smallest absolute Gasteiger partial charge is 0.327 e. The number of likely N-dealkylation sites (tertiary alicyclic amines) is 1. The van der Waals surface area contributed by atoms with Crippen LogP contribution < -0.4 is 5.32 Å². The fourth-order valence-corrected chi connectivity index (χ4v) is 3.43. The lowest BCUT2D eigenvalue weighted by atomic mass is 10.1. The summed E-state index contributed by atoms with van der Waals surface area (Å²) in [6, 6.07) is -1.24. The fourth-order valence-electron chi connectivity index (χ4n) is 2.21. The maximum Gasteiger partial charge on any atom is 0.327 e. The zero-order valence-corrected chi connectivity index (χ0v) is 13.1. The molecule has 0 spiro atoms. The van der Waals surface area contributed by atoms with E-state index in [2.05, 4.69) is 5.32 Å². The van der Waals surface area contributed by atoms with Crippen molar-refractivity contribution in [3.63, 3.8) is 0 Å². The molecule has 3 atom stereocenters. The van der Waals surface area contributed by atoms with Crippen LogP contribution in [-0.4, -0.2) is 62.1 Å². The third-order valence-corrected chi connectivity index (χ3v) is 5.07. The Morgan fingerprint density at radius 3 is 2.29 bits per heavy atom. The molecule has 120 valence electrons. The van der Waals surface area contributed by atoms with Crippen LogP contribution in [0.3, 0.4) is 0 Å². The van der Waals surface area contributed by atoms with Gasteiger partial charge in [-0.25, -0.2) is 4.79 Å². The van der Waals surface area contributed by atoms with Gasteiger partial charge in [-0.2, -0.15) is 0 Å². The molecule has 21 heavy (non-hydrogen) atoms. The molecule has 1 aliphatic rings. The number of nitrogens with one attached hydrogen (secondary N) is 1. The molecule has 0 aromatic carbocycles. The van der Waals surface area contributed by atoms with Crippen molar-refractivity contribution >= 4 is 28.6 Å². The maximum absolute atomic E-state index is 12.2. The number of nitrogens with zero attached hydrogens (tertiary/aromatic N) is 1. The highest BCUT2D eigenvalue weighted by atomic mass is 32.2. The molecule has 0 aromatic heterocycles. The first kappa shape index (κ1) is 17.6. The van der Waals surface area contributed by atoms with Crippen LogP contribution in [0, 0.1) is 0 Å². The first-order valence-corrected chi connectivity index (χ1v) is 8.37. The molecule has 8 heteroatoms. The molecule has 0 saturated carbocycles. The van der Waals surface area contributed by atoms with Crippen LogP contribution >= 0.6 is 0 Å². The molecule has 0 radical (unpaired) electrons. The number of carboxylic acid groups (broad SMARTS) is 1. The van der Waals surface area contributed by atoms with Gasteiger partial charge in [0.05, 0.1) is 5.75 Å². The monoisotopic (exact) mass is 318 g/mol. The number of rotatable bonds is 6. The third kappa shape index (κ3) is 5.45. The molecule has 1 fully saturated rings. The minimum atomic E-state index is -1.65. The third-order valence-electron chi connectivity index (χ3n) is 3.42. The van der Waals surface area contributed by atoms with Gasteiger partial charge < -0.3 is 15.3 Å². The summed E-state index contributed by atoms with van der Waals surface area (Å²) in [4.78, 5) is 35.9. The SMILES string of the molecule is CC(=O)NC(CS(=O)C(C)C(=O)N1CCCCC1)C(=O)O. The molecule has 0 aromatic rings. The predicted octanol–water partition coefficient (Wildman–Crippen LogP) is -0.275. The fraction of sp³-hybridized carbons (Fsp3) is 0.769. The number of piperidine rings is 1. The molecular formula is C13H22N2O5S. The van der Waals surface area contributed by atoms with Gasteiger partial charge in [-0.1, -0.05) is 0 Å². The second-order valence-corrected chi connectivity index (χ2v) is 6.97. The molecule has 2 amide bonds. The molecule has 1 aliphatic heterocycles. The quantitative estimate of drug-likeness (QED) is 0.701. The number of hydrogen-bond donors (Lipinski definition) is 2. The van der Waals surface area contributed by atoms with Crippen LogP contribution in [0.1, 0.15) is 33.1 Å². The molecule has 1 heterocycles. The van der Waals surface area contributed by atoms with E-state index in [0.29, 0.717) is 13.1 Å². The standard InChI is InChI=1S/C13H22N2O5S/c1-9(12(17)15-6-4-3-5-7-15)21(20)8-11(13(18)19)14-10(2)16/h9,11H,3-8H2,1-2H3,(H,14,16)(H,18,19). The van der Waals surface area contributed by atoms with Crippen LogP contribution in [0.15, 0.2) is 0 Å². The van der Waals surface area contributed by atoms with Crippen molar-refractivity contribution in [2.45, 2.75) is 44.4 Å². The lowest BCUT2D eigenvalue weighted by Crippen LogP contribution is -2.47. The summed E-state index contributed by atoms with van der Waals surface area (Å²) >= 11 is 0. The Hall–Kier alpha value is -1.44. The summed E-state index contributed by atoms with van der Waals surface area (Å²) < 4.78 is 12.2. The van der Waals surface area contributed by atoms with E-state index in [-0.39, 0.29) is 11.7 Å². The summed E-state index contributed by atoms with van der Waals surface area (Å²) in [6.07, 6.45) is 2.97. The van der Waals surface area contributed by atoms with E-state index in [9.17, 15) is 18.6 Å². The number of carbonyl (C=O) groups excluding carboxylic acids is 2. The van der Waals surface area contributed by atoms with Gasteiger partial charge in [0, 0.05) is 30.8 Å². The lowest BCUT2D eigenvalue weighted by Gasteiger charge is -2.29. The van der Waals surface area contributed by atoms with Crippen molar-refractivity contribution in [3.8, 4) is 0 Å². The number of amides is 2. The zero-order chi connectivity index (χ0) is 16.0.